The minimum absolute atomic E-state index is 0.134. The van der Waals surface area contributed by atoms with E-state index in [1.165, 1.54) is 125 Å². The third-order valence-electron chi connectivity index (χ3n) is 26.3. The largest absolute Gasteiger partial charge is 0.309 e. The van der Waals surface area contributed by atoms with Crippen LogP contribution in [-0.4, -0.2) is 42.8 Å². The molecule has 9 heteroatoms. The molecule has 0 spiro atoms. The van der Waals surface area contributed by atoms with Crippen LogP contribution < -0.4 is 0 Å². The van der Waals surface area contributed by atoms with E-state index in [-0.39, 0.29) is 5.41 Å². The van der Waals surface area contributed by atoms with Crippen LogP contribution in [0.15, 0.2) is 394 Å². The molecule has 568 valence electrons. The van der Waals surface area contributed by atoms with Gasteiger partial charge in [0.15, 0.2) is 11.6 Å². The van der Waals surface area contributed by atoms with Gasteiger partial charge in [0.25, 0.3) is 0 Å². The van der Waals surface area contributed by atoms with Gasteiger partial charge in [0.2, 0.25) is 0 Å². The van der Waals surface area contributed by atoms with Gasteiger partial charge in [-0.1, -0.05) is 311 Å². The SMILES string of the molecule is CC1(C)c2ccccc2-c2c(-c3nc(-n4c5ccccc5c5c(-n6c7ccccc7c7c8ccccc8ccc76)c6ccccc6cc54)c4ccccc4n3)cccc21.c1ccc(-n2c3ccccc3c3c(-c4nc(-n5c6ccccc6c6c(-n7c8ccccc8c8c9ccccc9ccc87)c7ccccc7cc65)c5ccccc5n4)cccc32)cc1. The van der Waals surface area contributed by atoms with Crippen molar-refractivity contribution in [1.82, 2.24) is 42.8 Å². The zero-order valence-corrected chi connectivity index (χ0v) is 66.6. The predicted octanol–water partition coefficient (Wildman–Crippen LogP) is 29.0. The van der Waals surface area contributed by atoms with E-state index in [9.17, 15) is 0 Å². The average Bonchev–Trinajstić information content (AvgIpc) is 1.53. The minimum Gasteiger partial charge on any atom is -0.309 e. The number of nitrogens with zero attached hydrogens (tertiary/aromatic N) is 9. The second-order valence-electron chi connectivity index (χ2n) is 33.0. The van der Waals surface area contributed by atoms with Gasteiger partial charge in [-0.05, 0) is 152 Å². The number of benzene rings is 19. The van der Waals surface area contributed by atoms with Crippen molar-refractivity contribution in [2.75, 3.05) is 0 Å². The highest BCUT2D eigenvalue weighted by Gasteiger charge is 2.38. The Balaban J connectivity index is 0.000000131. The number of rotatable bonds is 7. The monoisotopic (exact) mass is 1550 g/mol. The maximum Gasteiger partial charge on any atom is 0.162 e. The molecule has 0 saturated heterocycles. The van der Waals surface area contributed by atoms with Crippen LogP contribution in [0.25, 0.3) is 237 Å². The van der Waals surface area contributed by atoms with Gasteiger partial charge < -0.3 is 13.7 Å². The highest BCUT2D eigenvalue weighted by atomic mass is 15.1. The van der Waals surface area contributed by atoms with Gasteiger partial charge in [-0.25, -0.2) is 19.9 Å². The van der Waals surface area contributed by atoms with Crippen molar-refractivity contribution in [1.29, 1.82) is 0 Å². The molecule has 19 aromatic carbocycles. The van der Waals surface area contributed by atoms with Gasteiger partial charge in [0, 0.05) is 97.6 Å². The lowest BCUT2D eigenvalue weighted by Crippen LogP contribution is -2.14. The second-order valence-corrected chi connectivity index (χ2v) is 33.0. The quantitative estimate of drug-likeness (QED) is 0.159. The summed E-state index contributed by atoms with van der Waals surface area (Å²) in [6.07, 6.45) is 0. The molecule has 27 rings (SSSR count). The summed E-state index contributed by atoms with van der Waals surface area (Å²) in [5.74, 6) is 3.13. The molecule has 122 heavy (non-hydrogen) atoms. The van der Waals surface area contributed by atoms with E-state index < -0.39 is 0 Å². The Morgan fingerprint density at radius 1 is 0.205 bits per heavy atom. The molecule has 0 saturated carbocycles. The van der Waals surface area contributed by atoms with Gasteiger partial charge in [0.1, 0.15) is 11.6 Å². The van der Waals surface area contributed by atoms with Crippen molar-refractivity contribution in [2.45, 2.75) is 19.3 Å². The predicted molar refractivity (Wildman–Crippen MR) is 509 cm³/mol. The highest BCUT2D eigenvalue weighted by molar-refractivity contribution is 6.28. The normalized spacial score (nSPS) is 12.7. The summed E-state index contributed by atoms with van der Waals surface area (Å²) in [7, 11) is 0. The second kappa shape index (κ2) is 25.9. The van der Waals surface area contributed by atoms with Crippen molar-refractivity contribution in [3.8, 4) is 62.6 Å². The van der Waals surface area contributed by atoms with E-state index in [2.05, 4.69) is 431 Å². The lowest BCUT2D eigenvalue weighted by molar-refractivity contribution is 0.660. The standard InChI is InChI=1S/C58H35N5.C55H36N4/c1-2-19-38(20-3-1)61-47-29-13-9-24-42(47)54-45(27-16-32-50(54)61)57-59-46-28-12-8-23-41(46)58(60-57)63-49-31-15-11-26-44(49)55-52(63)35-37-18-5-7-22-40(37)56(55)62-48-30-14-10-25-43(48)53-39-21-6-4-17-36(39)33-34-51(53)62;1-55(2)42-25-11-7-20-37(42)49-41(24-15-26-43(49)55)53-56-44-27-12-8-21-38(44)54(57-53)59-46-29-14-10-23-40(46)51-48(59)32-34-17-4-6-19-36(34)52(51)58-45-28-13-9-22-39(45)50-35-18-5-3-16-33(35)30-31-47(50)58/h1-35H;3-32H,1-2H3. The van der Waals surface area contributed by atoms with Gasteiger partial charge >= 0.3 is 0 Å². The molecule has 0 amide bonds. The smallest absolute Gasteiger partial charge is 0.162 e. The van der Waals surface area contributed by atoms with Crippen LogP contribution in [0, 0.1) is 0 Å². The number of para-hydroxylation sites is 8. The zero-order chi connectivity index (χ0) is 80.2. The Bertz CT molecular complexity index is 9020. The van der Waals surface area contributed by atoms with E-state index in [0.717, 1.165) is 116 Å². The van der Waals surface area contributed by atoms with Crippen molar-refractivity contribution >= 4 is 174 Å². The maximum absolute atomic E-state index is 5.70. The van der Waals surface area contributed by atoms with Crippen molar-refractivity contribution in [2.24, 2.45) is 0 Å². The molecule has 9 nitrogen and oxygen atoms in total. The summed E-state index contributed by atoms with van der Waals surface area (Å²) in [4.78, 5) is 22.1. The van der Waals surface area contributed by atoms with Crippen LogP contribution >= 0.6 is 0 Å². The van der Waals surface area contributed by atoms with Gasteiger partial charge in [-0.15, -0.1) is 0 Å². The summed E-state index contributed by atoms with van der Waals surface area (Å²) >= 11 is 0. The number of aromatic nitrogens is 9. The van der Waals surface area contributed by atoms with Crippen molar-refractivity contribution in [3.63, 3.8) is 0 Å². The number of hydrogen-bond donors (Lipinski definition) is 0. The molecular weight excluding hydrogens is 1480 g/mol. The van der Waals surface area contributed by atoms with Gasteiger partial charge in [0.05, 0.1) is 77.6 Å². The Kier molecular flexibility index (Phi) is 14.5. The molecule has 26 aromatic rings. The molecule has 1 aliphatic carbocycles. The third kappa shape index (κ3) is 9.64. The molecule has 0 atom stereocenters. The van der Waals surface area contributed by atoms with Gasteiger partial charge in [-0.2, -0.15) is 0 Å². The molecule has 0 unspecified atom stereocenters. The number of fused-ring (bicyclic) bond motifs is 26. The van der Waals surface area contributed by atoms with Gasteiger partial charge in [-0.3, -0.25) is 9.13 Å². The Hall–Kier alpha value is -16.1. The first kappa shape index (κ1) is 68.0. The molecule has 7 heterocycles. The van der Waals surface area contributed by atoms with E-state index >= 15 is 0 Å². The lowest BCUT2D eigenvalue weighted by atomic mass is 9.82. The van der Waals surface area contributed by atoms with Crippen molar-refractivity contribution < 1.29 is 0 Å². The van der Waals surface area contributed by atoms with Crippen LogP contribution in [0.5, 0.6) is 0 Å². The first-order chi connectivity index (χ1) is 60.4. The summed E-state index contributed by atoms with van der Waals surface area (Å²) in [6.45, 7) is 4.65. The zero-order valence-electron chi connectivity index (χ0n) is 66.6. The minimum atomic E-state index is -0.134. The summed E-state index contributed by atoms with van der Waals surface area (Å²) in [5, 5.41) is 23.7. The van der Waals surface area contributed by atoms with E-state index in [0.29, 0.717) is 5.82 Å². The van der Waals surface area contributed by atoms with Crippen LogP contribution in [0.3, 0.4) is 0 Å². The molecular formula is C113H71N9. The first-order valence-electron chi connectivity index (χ1n) is 41.9. The first-order valence-corrected chi connectivity index (χ1v) is 41.9. The number of hydrogen-bond acceptors (Lipinski definition) is 4. The van der Waals surface area contributed by atoms with E-state index in [1.807, 2.05) is 0 Å². The third-order valence-corrected chi connectivity index (χ3v) is 26.3. The molecule has 0 radical (unpaired) electrons. The Morgan fingerprint density at radius 3 is 1.07 bits per heavy atom. The van der Waals surface area contributed by atoms with Crippen LogP contribution in [0.1, 0.15) is 25.0 Å². The molecule has 1 aliphatic rings. The maximum atomic E-state index is 5.70. The fourth-order valence-corrected chi connectivity index (χ4v) is 21.1. The Labute approximate surface area is 699 Å². The van der Waals surface area contributed by atoms with Crippen LogP contribution in [0.4, 0.5) is 0 Å². The van der Waals surface area contributed by atoms with E-state index in [4.69, 9.17) is 19.9 Å². The summed E-state index contributed by atoms with van der Waals surface area (Å²) in [6, 6.07) is 143. The topological polar surface area (TPSA) is 76.2 Å². The molecule has 0 N–H and O–H groups in total. The molecule has 7 aromatic heterocycles. The Morgan fingerprint density at radius 2 is 0.549 bits per heavy atom. The summed E-state index contributed by atoms with van der Waals surface area (Å²) < 4.78 is 12.2. The van der Waals surface area contributed by atoms with Crippen molar-refractivity contribution in [3.05, 3.63) is 405 Å². The lowest BCUT2D eigenvalue weighted by Gasteiger charge is -2.21. The highest BCUT2D eigenvalue weighted by Crippen LogP contribution is 2.54. The fourth-order valence-electron chi connectivity index (χ4n) is 21.1. The van der Waals surface area contributed by atoms with E-state index in [1.54, 1.807) is 0 Å². The average molecular weight is 1550 g/mol. The fraction of sp³-hybridized carbons (Fsp3) is 0.0265. The summed E-state index contributed by atoms with van der Waals surface area (Å²) in [5.41, 5.74) is 23.7. The van der Waals surface area contributed by atoms with Crippen LogP contribution in [-0.2, 0) is 5.41 Å². The molecule has 0 fully saturated rings. The molecule has 0 aliphatic heterocycles. The molecule has 0 bridgehead atoms. The van der Waals surface area contributed by atoms with Crippen LogP contribution in [0.2, 0.25) is 0 Å².